The number of hydrogen-bond acceptors (Lipinski definition) is 3. The van der Waals surface area contributed by atoms with Gasteiger partial charge in [-0.25, -0.2) is 4.98 Å². The molecule has 1 N–H and O–H groups in total. The van der Waals surface area contributed by atoms with Crippen molar-refractivity contribution in [1.29, 1.82) is 0 Å². The summed E-state index contributed by atoms with van der Waals surface area (Å²) in [6.07, 6.45) is -3.01. The van der Waals surface area contributed by atoms with Gasteiger partial charge in [0.25, 0.3) is 0 Å². The van der Waals surface area contributed by atoms with Crippen LogP contribution in [0.2, 0.25) is 0 Å². The summed E-state index contributed by atoms with van der Waals surface area (Å²) in [5, 5.41) is 3.06. The average molecular weight is 347 g/mol. The number of hydrogen-bond donors (Lipinski definition) is 1. The van der Waals surface area contributed by atoms with Gasteiger partial charge in [-0.05, 0) is 45.8 Å². The van der Waals surface area contributed by atoms with Crippen molar-refractivity contribution in [2.75, 3.05) is 5.32 Å². The summed E-state index contributed by atoms with van der Waals surface area (Å²) >= 11 is 3.28. The van der Waals surface area contributed by atoms with Crippen LogP contribution >= 0.6 is 15.9 Å². The van der Waals surface area contributed by atoms with Crippen molar-refractivity contribution >= 4 is 21.7 Å². The Morgan fingerprint density at radius 1 is 1.10 bits per heavy atom. The molecule has 1 heterocycles. The first-order valence-corrected chi connectivity index (χ1v) is 6.42. The van der Waals surface area contributed by atoms with Gasteiger partial charge >= 0.3 is 6.36 Å². The first-order valence-electron chi connectivity index (χ1n) is 5.62. The van der Waals surface area contributed by atoms with Gasteiger partial charge in [-0.2, -0.15) is 0 Å². The molecule has 0 aliphatic rings. The van der Waals surface area contributed by atoms with Crippen LogP contribution in [0.4, 0.5) is 19.0 Å². The van der Waals surface area contributed by atoms with Gasteiger partial charge in [-0.1, -0.05) is 12.1 Å². The van der Waals surface area contributed by atoms with Crippen LogP contribution in [0.25, 0.3) is 0 Å². The molecule has 1 aromatic carbocycles. The number of anilines is 1. The lowest BCUT2D eigenvalue weighted by Crippen LogP contribution is -2.17. The fourth-order valence-corrected chi connectivity index (χ4v) is 1.72. The highest BCUT2D eigenvalue weighted by Crippen LogP contribution is 2.23. The lowest BCUT2D eigenvalue weighted by Gasteiger charge is -2.10. The average Bonchev–Trinajstić information content (AvgIpc) is 2.38. The molecule has 0 radical (unpaired) electrons. The number of aromatic nitrogens is 1. The van der Waals surface area contributed by atoms with Crippen molar-refractivity contribution in [1.82, 2.24) is 4.98 Å². The molecular weight excluding hydrogens is 337 g/mol. The monoisotopic (exact) mass is 346 g/mol. The second kappa shape index (κ2) is 6.13. The van der Waals surface area contributed by atoms with E-state index in [4.69, 9.17) is 0 Å². The fourth-order valence-electron chi connectivity index (χ4n) is 1.48. The maximum atomic E-state index is 12.0. The van der Waals surface area contributed by atoms with E-state index in [0.717, 1.165) is 10.0 Å². The second-order valence-corrected chi connectivity index (χ2v) is 4.82. The molecule has 3 nitrogen and oxygen atoms in total. The van der Waals surface area contributed by atoms with Crippen LogP contribution in [-0.4, -0.2) is 11.3 Å². The maximum Gasteiger partial charge on any atom is 0.573 e. The molecule has 2 rings (SSSR count). The third-order valence-electron chi connectivity index (χ3n) is 2.36. The van der Waals surface area contributed by atoms with Gasteiger partial charge in [0.1, 0.15) is 11.6 Å². The zero-order chi connectivity index (χ0) is 14.6. The predicted molar refractivity (Wildman–Crippen MR) is 72.4 cm³/mol. The Labute approximate surface area is 121 Å². The normalized spacial score (nSPS) is 11.2. The Balaban J connectivity index is 1.92. The van der Waals surface area contributed by atoms with Crippen molar-refractivity contribution in [3.05, 3.63) is 52.6 Å². The summed E-state index contributed by atoms with van der Waals surface area (Å²) < 4.78 is 40.7. The molecule has 0 amide bonds. The Morgan fingerprint density at radius 2 is 1.80 bits per heavy atom. The number of ether oxygens (including phenoxy) is 1. The molecule has 0 saturated heterocycles. The van der Waals surface area contributed by atoms with E-state index in [1.165, 1.54) is 12.1 Å². The van der Waals surface area contributed by atoms with Gasteiger partial charge in [-0.15, -0.1) is 13.2 Å². The lowest BCUT2D eigenvalue weighted by molar-refractivity contribution is -0.274. The van der Waals surface area contributed by atoms with Crippen LogP contribution < -0.4 is 10.1 Å². The van der Waals surface area contributed by atoms with Crippen molar-refractivity contribution in [2.24, 2.45) is 0 Å². The molecule has 2 aromatic rings. The molecule has 0 atom stereocenters. The molecule has 0 spiro atoms. The van der Waals surface area contributed by atoms with Crippen molar-refractivity contribution in [3.8, 4) is 5.75 Å². The van der Waals surface area contributed by atoms with Crippen LogP contribution in [0.15, 0.2) is 47.1 Å². The lowest BCUT2D eigenvalue weighted by atomic mass is 10.2. The number of alkyl halides is 3. The quantitative estimate of drug-likeness (QED) is 0.893. The first kappa shape index (κ1) is 14.6. The largest absolute Gasteiger partial charge is 0.573 e. The third-order valence-corrected chi connectivity index (χ3v) is 2.83. The number of nitrogens with one attached hydrogen (secondary N) is 1. The topological polar surface area (TPSA) is 34.1 Å². The molecule has 0 aliphatic heterocycles. The van der Waals surface area contributed by atoms with Crippen LogP contribution in [0, 0.1) is 0 Å². The van der Waals surface area contributed by atoms with E-state index in [2.05, 4.69) is 31.0 Å². The first-order chi connectivity index (χ1) is 9.42. The van der Waals surface area contributed by atoms with Gasteiger partial charge in [-0.3, -0.25) is 0 Å². The van der Waals surface area contributed by atoms with Crippen LogP contribution in [0.5, 0.6) is 5.75 Å². The fraction of sp³-hybridized carbons (Fsp3) is 0.154. The molecule has 20 heavy (non-hydrogen) atoms. The van der Waals surface area contributed by atoms with E-state index < -0.39 is 6.36 Å². The van der Waals surface area contributed by atoms with E-state index in [1.807, 2.05) is 6.07 Å². The highest BCUT2D eigenvalue weighted by molar-refractivity contribution is 9.10. The maximum absolute atomic E-state index is 12.0. The Morgan fingerprint density at radius 3 is 2.35 bits per heavy atom. The molecule has 0 bridgehead atoms. The Hall–Kier alpha value is -1.76. The molecule has 0 aliphatic carbocycles. The van der Waals surface area contributed by atoms with Crippen LogP contribution in [-0.2, 0) is 6.54 Å². The smallest absolute Gasteiger partial charge is 0.406 e. The molecule has 7 heteroatoms. The standard InChI is InChI=1S/C13H10BrF3N2O/c14-10-3-6-12(19-8-10)18-7-9-1-4-11(5-2-9)20-13(15,16)17/h1-6,8H,7H2,(H,18,19). The Kier molecular flexibility index (Phi) is 4.49. The number of pyridine rings is 1. The number of benzene rings is 1. The van der Waals surface area contributed by atoms with E-state index in [-0.39, 0.29) is 5.75 Å². The zero-order valence-electron chi connectivity index (χ0n) is 10.1. The van der Waals surface area contributed by atoms with E-state index >= 15 is 0 Å². The third kappa shape index (κ3) is 4.73. The van der Waals surface area contributed by atoms with Gasteiger partial charge in [0.2, 0.25) is 0 Å². The van der Waals surface area contributed by atoms with E-state index in [0.29, 0.717) is 12.4 Å². The summed E-state index contributed by atoms with van der Waals surface area (Å²) in [5.74, 6) is 0.451. The molecular formula is C13H10BrF3N2O. The predicted octanol–water partition coefficient (Wildman–Crippen LogP) is 4.35. The van der Waals surface area contributed by atoms with E-state index in [1.54, 1.807) is 24.4 Å². The SMILES string of the molecule is FC(F)(F)Oc1ccc(CNc2ccc(Br)cn2)cc1. The van der Waals surface area contributed by atoms with Gasteiger partial charge in [0.05, 0.1) is 0 Å². The van der Waals surface area contributed by atoms with E-state index in [9.17, 15) is 13.2 Å². The van der Waals surface area contributed by atoms with Gasteiger partial charge in [0.15, 0.2) is 0 Å². The summed E-state index contributed by atoms with van der Waals surface area (Å²) in [7, 11) is 0. The number of halogens is 4. The number of rotatable bonds is 4. The minimum absolute atomic E-state index is 0.233. The molecule has 106 valence electrons. The van der Waals surface area contributed by atoms with Crippen molar-refractivity contribution < 1.29 is 17.9 Å². The summed E-state index contributed by atoms with van der Waals surface area (Å²) in [4.78, 5) is 4.13. The van der Waals surface area contributed by atoms with Crippen LogP contribution in [0.3, 0.4) is 0 Å². The number of nitrogens with zero attached hydrogens (tertiary/aromatic N) is 1. The summed E-state index contributed by atoms with van der Waals surface area (Å²) in [5.41, 5.74) is 0.823. The molecule has 0 fully saturated rings. The van der Waals surface area contributed by atoms with Crippen molar-refractivity contribution in [2.45, 2.75) is 12.9 Å². The zero-order valence-corrected chi connectivity index (χ0v) is 11.7. The van der Waals surface area contributed by atoms with Crippen LogP contribution in [0.1, 0.15) is 5.56 Å². The van der Waals surface area contributed by atoms with Crippen molar-refractivity contribution in [3.63, 3.8) is 0 Å². The molecule has 1 aromatic heterocycles. The molecule has 0 unspecified atom stereocenters. The Bertz CT molecular complexity index is 555. The molecule has 0 saturated carbocycles. The highest BCUT2D eigenvalue weighted by atomic mass is 79.9. The second-order valence-electron chi connectivity index (χ2n) is 3.91. The van der Waals surface area contributed by atoms with Gasteiger partial charge < -0.3 is 10.1 Å². The van der Waals surface area contributed by atoms with Gasteiger partial charge in [0, 0.05) is 17.2 Å². The highest BCUT2D eigenvalue weighted by Gasteiger charge is 2.30. The summed E-state index contributed by atoms with van der Waals surface area (Å²) in [6.45, 7) is 0.459. The minimum atomic E-state index is -4.67. The summed E-state index contributed by atoms with van der Waals surface area (Å²) in [6, 6.07) is 9.32. The minimum Gasteiger partial charge on any atom is -0.406 e.